The summed E-state index contributed by atoms with van der Waals surface area (Å²) in [5.41, 5.74) is 1.46. The highest BCUT2D eigenvalue weighted by Crippen LogP contribution is 2.44. The fourth-order valence-corrected chi connectivity index (χ4v) is 3.94. The fourth-order valence-electron chi connectivity index (χ4n) is 3.94. The number of rotatable bonds is 6. The summed E-state index contributed by atoms with van der Waals surface area (Å²) in [5.74, 6) is 0.145. The lowest BCUT2D eigenvalue weighted by molar-refractivity contribution is -0.139. The van der Waals surface area contributed by atoms with Gasteiger partial charge in [-0.05, 0) is 72.0 Å². The number of ether oxygens (including phenoxy) is 1. The first-order chi connectivity index (χ1) is 16.7. The Morgan fingerprint density at radius 1 is 1.11 bits per heavy atom. The number of benzene rings is 2. The van der Waals surface area contributed by atoms with Gasteiger partial charge in [0, 0.05) is 30.1 Å². The number of tetrazole rings is 1. The second-order valence-corrected chi connectivity index (χ2v) is 8.44. The van der Waals surface area contributed by atoms with Crippen molar-refractivity contribution >= 4 is 0 Å². The van der Waals surface area contributed by atoms with Crippen LogP contribution in [-0.4, -0.2) is 29.8 Å². The fraction of sp³-hybridized carbons (Fsp3) is 0.292. The Morgan fingerprint density at radius 2 is 1.91 bits per heavy atom. The summed E-state index contributed by atoms with van der Waals surface area (Å²) in [6, 6.07) is 10.8. The van der Waals surface area contributed by atoms with Crippen LogP contribution in [0.1, 0.15) is 41.1 Å². The van der Waals surface area contributed by atoms with Gasteiger partial charge in [0.15, 0.2) is 5.82 Å². The van der Waals surface area contributed by atoms with E-state index < -0.39 is 17.4 Å². The maximum Gasteiger partial charge on any atom is 0.419 e. The van der Waals surface area contributed by atoms with Crippen LogP contribution < -0.4 is 10.4 Å². The highest BCUT2D eigenvalue weighted by Gasteiger charge is 2.35. The van der Waals surface area contributed by atoms with Crippen LogP contribution >= 0.6 is 0 Å². The first-order valence-electron chi connectivity index (χ1n) is 11.0. The molecule has 2 aromatic carbocycles. The van der Waals surface area contributed by atoms with E-state index in [0.29, 0.717) is 16.9 Å². The Hall–Kier alpha value is -4.02. The van der Waals surface area contributed by atoms with Gasteiger partial charge in [-0.2, -0.15) is 22.5 Å². The van der Waals surface area contributed by atoms with Gasteiger partial charge in [0.1, 0.15) is 12.4 Å². The van der Waals surface area contributed by atoms with Crippen LogP contribution in [0, 0.1) is 6.92 Å². The largest absolute Gasteiger partial charge is 0.488 e. The first-order valence-corrected chi connectivity index (χ1v) is 11.0. The van der Waals surface area contributed by atoms with Gasteiger partial charge >= 0.3 is 11.9 Å². The molecule has 1 saturated carbocycles. The maximum absolute atomic E-state index is 14.0. The van der Waals surface area contributed by atoms with Crippen LogP contribution in [-0.2, 0) is 19.8 Å². The number of nitrogens with zero attached hydrogens (tertiary/aromatic N) is 6. The van der Waals surface area contributed by atoms with Gasteiger partial charge in [-0.1, -0.05) is 12.1 Å². The average Bonchev–Trinajstić information content (AvgIpc) is 3.62. The Morgan fingerprint density at radius 3 is 2.57 bits per heavy atom. The van der Waals surface area contributed by atoms with E-state index in [-0.39, 0.29) is 29.7 Å². The summed E-state index contributed by atoms with van der Waals surface area (Å²) >= 11 is 0. The number of aryl methyl sites for hydroxylation is 2. The topological polar surface area (TPSA) is 87.7 Å². The standard InChI is InChI=1S/C24H21F3N6O2/c1-14-10-11-28-22(29-14)16-8-9-21(19(12-16)24(25,26)27)35-13-18-17(15-6-7-15)4-3-5-20(18)33-23(34)32(2)30-31-33/h3-5,8-12,15H,6-7,13H2,1-2H3. The van der Waals surface area contributed by atoms with Crippen molar-refractivity contribution in [3.63, 3.8) is 0 Å². The molecular formula is C24H21F3N6O2. The van der Waals surface area contributed by atoms with Crippen LogP contribution in [0.2, 0.25) is 0 Å². The molecule has 35 heavy (non-hydrogen) atoms. The van der Waals surface area contributed by atoms with Crippen molar-refractivity contribution < 1.29 is 17.9 Å². The SMILES string of the molecule is Cc1ccnc(-c2ccc(OCc3c(C4CC4)cccc3-n3nnn(C)c3=O)c(C(F)(F)F)c2)n1. The van der Waals surface area contributed by atoms with E-state index in [0.717, 1.165) is 33.8 Å². The minimum absolute atomic E-state index is 0.172. The molecule has 0 amide bonds. The number of hydrogen-bond donors (Lipinski definition) is 0. The van der Waals surface area contributed by atoms with E-state index in [2.05, 4.69) is 20.4 Å². The molecule has 4 aromatic rings. The molecule has 0 spiro atoms. The van der Waals surface area contributed by atoms with Crippen LogP contribution in [0.4, 0.5) is 13.2 Å². The average molecular weight is 482 g/mol. The van der Waals surface area contributed by atoms with E-state index in [4.69, 9.17) is 4.74 Å². The van der Waals surface area contributed by atoms with Crippen molar-refractivity contribution in [1.29, 1.82) is 0 Å². The molecule has 1 aliphatic carbocycles. The lowest BCUT2D eigenvalue weighted by Crippen LogP contribution is -2.23. The van der Waals surface area contributed by atoms with Crippen molar-refractivity contribution in [2.75, 3.05) is 0 Å². The molecule has 0 saturated heterocycles. The third kappa shape index (κ3) is 4.53. The third-order valence-electron chi connectivity index (χ3n) is 5.86. The molecule has 5 rings (SSSR count). The zero-order valence-corrected chi connectivity index (χ0v) is 19.0. The molecule has 0 bridgehead atoms. The summed E-state index contributed by atoms with van der Waals surface area (Å²) in [5, 5.41) is 7.65. The molecule has 2 aromatic heterocycles. The number of halogens is 3. The maximum atomic E-state index is 14.0. The highest BCUT2D eigenvalue weighted by atomic mass is 19.4. The van der Waals surface area contributed by atoms with Gasteiger partial charge in [0.05, 0.1) is 11.3 Å². The van der Waals surface area contributed by atoms with Gasteiger partial charge in [-0.25, -0.2) is 14.8 Å². The van der Waals surface area contributed by atoms with Gasteiger partial charge in [-0.3, -0.25) is 0 Å². The Balaban J connectivity index is 1.53. The van der Waals surface area contributed by atoms with Crippen molar-refractivity contribution in [1.82, 2.24) is 29.8 Å². The minimum atomic E-state index is -4.66. The number of alkyl halides is 3. The van der Waals surface area contributed by atoms with E-state index in [1.165, 1.54) is 25.4 Å². The minimum Gasteiger partial charge on any atom is -0.488 e. The summed E-state index contributed by atoms with van der Waals surface area (Å²) in [7, 11) is 1.47. The van der Waals surface area contributed by atoms with Crippen molar-refractivity contribution in [2.24, 2.45) is 7.05 Å². The van der Waals surface area contributed by atoms with Gasteiger partial charge in [-0.15, -0.1) is 0 Å². The van der Waals surface area contributed by atoms with Crippen LogP contribution in [0.15, 0.2) is 53.5 Å². The molecule has 0 atom stereocenters. The molecule has 180 valence electrons. The van der Waals surface area contributed by atoms with E-state index in [1.807, 2.05) is 6.07 Å². The van der Waals surface area contributed by atoms with Crippen LogP contribution in [0.5, 0.6) is 5.75 Å². The molecule has 0 unspecified atom stereocenters. The van der Waals surface area contributed by atoms with Crippen molar-refractivity contribution in [2.45, 2.75) is 38.5 Å². The molecular weight excluding hydrogens is 461 g/mol. The third-order valence-corrected chi connectivity index (χ3v) is 5.86. The summed E-state index contributed by atoms with van der Waals surface area (Å²) in [4.78, 5) is 20.8. The summed E-state index contributed by atoms with van der Waals surface area (Å²) in [6.45, 7) is 1.57. The normalized spacial score (nSPS) is 13.7. The lowest BCUT2D eigenvalue weighted by atomic mass is 10.0. The molecule has 0 aliphatic heterocycles. The lowest BCUT2D eigenvalue weighted by Gasteiger charge is -2.18. The number of hydrogen-bond acceptors (Lipinski definition) is 6. The molecule has 1 aliphatic rings. The molecule has 11 heteroatoms. The summed E-state index contributed by atoms with van der Waals surface area (Å²) in [6.07, 6.45) is -1.23. The van der Waals surface area contributed by atoms with Crippen LogP contribution in [0.25, 0.3) is 17.1 Å². The molecule has 1 fully saturated rings. The van der Waals surface area contributed by atoms with E-state index in [1.54, 1.807) is 25.1 Å². The quantitative estimate of drug-likeness (QED) is 0.409. The molecule has 2 heterocycles. The van der Waals surface area contributed by atoms with Crippen LogP contribution in [0.3, 0.4) is 0 Å². The van der Waals surface area contributed by atoms with Gasteiger partial charge in [0.2, 0.25) is 0 Å². The Bertz CT molecular complexity index is 1460. The number of aromatic nitrogens is 6. The second kappa shape index (κ2) is 8.64. The van der Waals surface area contributed by atoms with Crippen molar-refractivity contribution in [3.8, 4) is 22.8 Å². The molecule has 0 N–H and O–H groups in total. The molecule has 0 radical (unpaired) electrons. The predicted octanol–water partition coefficient (Wildman–Crippen LogP) is 4.21. The zero-order chi connectivity index (χ0) is 24.7. The Labute approximate surface area is 198 Å². The first kappa shape index (κ1) is 22.8. The zero-order valence-electron chi connectivity index (χ0n) is 19.0. The second-order valence-electron chi connectivity index (χ2n) is 8.44. The van der Waals surface area contributed by atoms with Crippen molar-refractivity contribution in [3.05, 3.63) is 81.5 Å². The van der Waals surface area contributed by atoms with Gasteiger partial charge in [0.25, 0.3) is 0 Å². The van der Waals surface area contributed by atoms with E-state index in [9.17, 15) is 18.0 Å². The molecule has 8 nitrogen and oxygen atoms in total. The smallest absolute Gasteiger partial charge is 0.419 e. The van der Waals surface area contributed by atoms with E-state index >= 15 is 0 Å². The Kier molecular flexibility index (Phi) is 5.62. The summed E-state index contributed by atoms with van der Waals surface area (Å²) < 4.78 is 49.9. The van der Waals surface area contributed by atoms with Gasteiger partial charge < -0.3 is 4.74 Å². The monoisotopic (exact) mass is 482 g/mol. The highest BCUT2D eigenvalue weighted by molar-refractivity contribution is 5.59. The predicted molar refractivity (Wildman–Crippen MR) is 120 cm³/mol.